The van der Waals surface area contributed by atoms with E-state index in [1.807, 2.05) is 36.4 Å². The minimum Gasteiger partial charge on any atom is -0.493 e. The number of halogens is 1. The van der Waals surface area contributed by atoms with E-state index in [4.69, 9.17) is 21.1 Å². The molecule has 1 saturated heterocycles. The highest BCUT2D eigenvalue weighted by Crippen LogP contribution is 2.31. The molecular formula is C22H24ClN5O4. The summed E-state index contributed by atoms with van der Waals surface area (Å²) >= 11 is 5.89. The van der Waals surface area contributed by atoms with Crippen molar-refractivity contribution in [2.75, 3.05) is 45.3 Å². The number of carbonyl (C=O) groups is 1. The standard InChI is InChI=1S/C22H22ClN5O3.H2O/c1-30-18-7-6-15(14-19(18)31-2)16-4-3-5-17(25-16)21(29)28-12-10-27(11-13-28)20-8-9-24-22(23)26-20;/h3-9,14H,10-13H2,1-2H3;1H2. The van der Waals surface area contributed by atoms with Crippen LogP contribution in [0.3, 0.4) is 0 Å². The van der Waals surface area contributed by atoms with Crippen LogP contribution in [-0.2, 0) is 0 Å². The zero-order valence-corrected chi connectivity index (χ0v) is 18.5. The van der Waals surface area contributed by atoms with Crippen molar-refractivity contribution in [2.24, 2.45) is 0 Å². The molecular weight excluding hydrogens is 434 g/mol. The Morgan fingerprint density at radius 3 is 2.41 bits per heavy atom. The number of anilines is 1. The summed E-state index contributed by atoms with van der Waals surface area (Å²) in [7, 11) is 3.18. The lowest BCUT2D eigenvalue weighted by molar-refractivity contribution is 0.0740. The van der Waals surface area contributed by atoms with Crippen LogP contribution >= 0.6 is 11.6 Å². The quantitative estimate of drug-likeness (QED) is 0.540. The van der Waals surface area contributed by atoms with Gasteiger partial charge in [0.15, 0.2) is 11.5 Å². The van der Waals surface area contributed by atoms with Crippen molar-refractivity contribution in [3.63, 3.8) is 0 Å². The third-order valence-electron chi connectivity index (χ3n) is 5.15. The van der Waals surface area contributed by atoms with Gasteiger partial charge in [0.1, 0.15) is 11.5 Å². The smallest absolute Gasteiger partial charge is 0.272 e. The van der Waals surface area contributed by atoms with E-state index in [2.05, 4.69) is 19.9 Å². The molecule has 2 aromatic heterocycles. The molecule has 4 rings (SSSR count). The van der Waals surface area contributed by atoms with Crippen molar-refractivity contribution in [1.82, 2.24) is 19.9 Å². The third-order valence-corrected chi connectivity index (χ3v) is 5.33. The van der Waals surface area contributed by atoms with Gasteiger partial charge in [-0.3, -0.25) is 4.79 Å². The van der Waals surface area contributed by atoms with Gasteiger partial charge in [0.2, 0.25) is 5.28 Å². The highest BCUT2D eigenvalue weighted by atomic mass is 35.5. The van der Waals surface area contributed by atoms with Crippen LogP contribution in [0.25, 0.3) is 11.3 Å². The fourth-order valence-electron chi connectivity index (χ4n) is 3.51. The van der Waals surface area contributed by atoms with E-state index in [9.17, 15) is 4.79 Å². The Morgan fingerprint density at radius 2 is 1.72 bits per heavy atom. The zero-order valence-electron chi connectivity index (χ0n) is 17.8. The number of aromatic nitrogens is 3. The lowest BCUT2D eigenvalue weighted by Gasteiger charge is -2.35. The van der Waals surface area contributed by atoms with Gasteiger partial charge in [-0.05, 0) is 48.0 Å². The number of hydrogen-bond acceptors (Lipinski definition) is 7. The molecule has 1 aromatic carbocycles. The Balaban J connectivity index is 0.00000289. The van der Waals surface area contributed by atoms with E-state index >= 15 is 0 Å². The number of pyridine rings is 1. The van der Waals surface area contributed by atoms with E-state index in [-0.39, 0.29) is 16.7 Å². The molecule has 0 saturated carbocycles. The first-order valence-electron chi connectivity index (χ1n) is 9.81. The monoisotopic (exact) mass is 457 g/mol. The van der Waals surface area contributed by atoms with Gasteiger partial charge in [0, 0.05) is 37.9 Å². The maximum Gasteiger partial charge on any atom is 0.272 e. The lowest BCUT2D eigenvalue weighted by Crippen LogP contribution is -2.49. The SMILES string of the molecule is COc1ccc(-c2cccc(C(=O)N3CCN(c4ccnc(Cl)n4)CC3)n2)cc1OC.O. The van der Waals surface area contributed by atoms with Gasteiger partial charge in [-0.2, -0.15) is 0 Å². The molecule has 10 heteroatoms. The normalized spacial score (nSPS) is 13.3. The highest BCUT2D eigenvalue weighted by molar-refractivity contribution is 6.28. The van der Waals surface area contributed by atoms with Crippen LogP contribution in [0.4, 0.5) is 5.82 Å². The number of nitrogens with zero attached hydrogens (tertiary/aromatic N) is 5. The number of hydrogen-bond donors (Lipinski definition) is 0. The minimum atomic E-state index is -0.0947. The number of rotatable bonds is 5. The number of amides is 1. The Bertz CT molecular complexity index is 1090. The Hall–Kier alpha value is -3.43. The Morgan fingerprint density at radius 1 is 0.969 bits per heavy atom. The molecule has 9 nitrogen and oxygen atoms in total. The van der Waals surface area contributed by atoms with Crippen molar-refractivity contribution in [3.8, 4) is 22.8 Å². The molecule has 1 fully saturated rings. The largest absolute Gasteiger partial charge is 0.493 e. The molecule has 32 heavy (non-hydrogen) atoms. The molecule has 0 radical (unpaired) electrons. The van der Waals surface area contributed by atoms with Gasteiger partial charge < -0.3 is 24.7 Å². The van der Waals surface area contributed by atoms with Gasteiger partial charge in [0.05, 0.1) is 19.9 Å². The van der Waals surface area contributed by atoms with E-state index in [1.165, 1.54) is 0 Å². The second-order valence-electron chi connectivity index (χ2n) is 6.94. The molecule has 168 valence electrons. The summed E-state index contributed by atoms with van der Waals surface area (Å²) < 4.78 is 10.7. The third kappa shape index (κ3) is 4.90. The van der Waals surface area contributed by atoms with Crippen LogP contribution in [-0.4, -0.2) is 71.6 Å². The molecule has 1 aliphatic rings. The van der Waals surface area contributed by atoms with E-state index in [0.29, 0.717) is 49.1 Å². The van der Waals surface area contributed by atoms with Crippen molar-refractivity contribution in [3.05, 3.63) is 59.6 Å². The molecule has 3 heterocycles. The first-order chi connectivity index (χ1) is 15.1. The summed E-state index contributed by atoms with van der Waals surface area (Å²) in [6, 6.07) is 12.8. The predicted octanol–water partition coefficient (Wildman–Crippen LogP) is 2.35. The van der Waals surface area contributed by atoms with Gasteiger partial charge in [-0.1, -0.05) is 6.07 Å². The lowest BCUT2D eigenvalue weighted by atomic mass is 10.1. The van der Waals surface area contributed by atoms with Crippen LogP contribution in [0.1, 0.15) is 10.5 Å². The Labute approximate surface area is 190 Å². The first kappa shape index (κ1) is 23.2. The van der Waals surface area contributed by atoms with Crippen LogP contribution in [0.5, 0.6) is 11.5 Å². The summed E-state index contributed by atoms with van der Waals surface area (Å²) in [6.45, 7) is 2.47. The van der Waals surface area contributed by atoms with Gasteiger partial charge in [-0.25, -0.2) is 15.0 Å². The molecule has 0 bridgehead atoms. The molecule has 0 unspecified atom stereocenters. The summed E-state index contributed by atoms with van der Waals surface area (Å²) in [5.41, 5.74) is 1.95. The Kier molecular flexibility index (Phi) is 7.45. The van der Waals surface area contributed by atoms with Crippen molar-refractivity contribution in [2.45, 2.75) is 0 Å². The maximum atomic E-state index is 13.1. The van der Waals surface area contributed by atoms with Gasteiger partial charge in [0.25, 0.3) is 5.91 Å². The number of ether oxygens (including phenoxy) is 2. The van der Waals surface area contributed by atoms with Crippen molar-refractivity contribution in [1.29, 1.82) is 0 Å². The van der Waals surface area contributed by atoms with Crippen LogP contribution in [0, 0.1) is 0 Å². The molecule has 1 aliphatic heterocycles. The minimum absolute atomic E-state index is 0. The molecule has 3 aromatic rings. The summed E-state index contributed by atoms with van der Waals surface area (Å²) in [5.74, 6) is 1.92. The molecule has 0 spiro atoms. The predicted molar refractivity (Wildman–Crippen MR) is 122 cm³/mol. The second-order valence-corrected chi connectivity index (χ2v) is 7.28. The average molecular weight is 458 g/mol. The van der Waals surface area contributed by atoms with Crippen molar-refractivity contribution >= 4 is 23.3 Å². The second kappa shape index (κ2) is 10.3. The number of carbonyl (C=O) groups excluding carboxylic acids is 1. The van der Waals surface area contributed by atoms with E-state index < -0.39 is 0 Å². The zero-order chi connectivity index (χ0) is 21.8. The number of benzene rings is 1. The molecule has 0 atom stereocenters. The topological polar surface area (TPSA) is 112 Å². The molecule has 1 amide bonds. The highest BCUT2D eigenvalue weighted by Gasteiger charge is 2.24. The molecule has 2 N–H and O–H groups in total. The van der Waals surface area contributed by atoms with Gasteiger partial charge in [-0.15, -0.1) is 0 Å². The van der Waals surface area contributed by atoms with Crippen LogP contribution in [0.15, 0.2) is 48.7 Å². The summed E-state index contributed by atoms with van der Waals surface area (Å²) in [6.07, 6.45) is 1.63. The van der Waals surface area contributed by atoms with Crippen LogP contribution < -0.4 is 14.4 Å². The number of piperazine rings is 1. The summed E-state index contributed by atoms with van der Waals surface area (Å²) in [5, 5.41) is 0.215. The fourth-order valence-corrected chi connectivity index (χ4v) is 3.66. The average Bonchev–Trinajstić information content (AvgIpc) is 2.83. The molecule has 0 aliphatic carbocycles. The number of methoxy groups -OCH3 is 2. The van der Waals surface area contributed by atoms with Gasteiger partial charge >= 0.3 is 0 Å². The first-order valence-corrected chi connectivity index (χ1v) is 10.2. The van der Waals surface area contributed by atoms with E-state index in [1.54, 1.807) is 31.4 Å². The van der Waals surface area contributed by atoms with Crippen molar-refractivity contribution < 1.29 is 19.7 Å². The summed E-state index contributed by atoms with van der Waals surface area (Å²) in [4.78, 5) is 29.7. The van der Waals surface area contributed by atoms with E-state index in [0.717, 1.165) is 11.4 Å². The maximum absolute atomic E-state index is 13.1. The van der Waals surface area contributed by atoms with Crippen LogP contribution in [0.2, 0.25) is 5.28 Å². The fraction of sp³-hybridized carbons (Fsp3) is 0.273.